The first kappa shape index (κ1) is 17.9. The molecule has 1 N–H and O–H groups in total. The van der Waals surface area contributed by atoms with Crippen molar-refractivity contribution in [3.63, 3.8) is 0 Å². The first-order chi connectivity index (χ1) is 13.5. The highest BCUT2D eigenvalue weighted by molar-refractivity contribution is 6.00. The van der Waals surface area contributed by atoms with Gasteiger partial charge in [0, 0.05) is 19.7 Å². The average Bonchev–Trinajstić information content (AvgIpc) is 3.29. The molecule has 0 bridgehead atoms. The van der Waals surface area contributed by atoms with Crippen molar-refractivity contribution in [1.29, 1.82) is 0 Å². The van der Waals surface area contributed by atoms with Crippen molar-refractivity contribution in [1.82, 2.24) is 29.9 Å². The number of aryl methyl sites for hydroxylation is 2. The Kier molecular flexibility index (Phi) is 4.64. The smallest absolute Gasteiger partial charge is 0.291 e. The van der Waals surface area contributed by atoms with E-state index in [4.69, 9.17) is 0 Å². The summed E-state index contributed by atoms with van der Waals surface area (Å²) in [6.07, 6.45) is 2.11. The minimum Gasteiger partial charge on any atom is -0.337 e. The van der Waals surface area contributed by atoms with Crippen LogP contribution in [-0.4, -0.2) is 49.4 Å². The summed E-state index contributed by atoms with van der Waals surface area (Å²) < 4.78 is 3.43. The van der Waals surface area contributed by atoms with Crippen molar-refractivity contribution in [2.75, 3.05) is 11.9 Å². The molecule has 1 aromatic carbocycles. The van der Waals surface area contributed by atoms with E-state index in [0.29, 0.717) is 31.2 Å². The number of aromatic nitrogens is 5. The average molecular weight is 379 g/mol. The van der Waals surface area contributed by atoms with Crippen LogP contribution in [0.15, 0.2) is 42.6 Å². The fraction of sp³-hybridized carbons (Fsp3) is 0.316. The minimum atomic E-state index is -0.652. The van der Waals surface area contributed by atoms with Gasteiger partial charge in [-0.05, 0) is 18.9 Å². The van der Waals surface area contributed by atoms with Crippen molar-refractivity contribution in [2.24, 2.45) is 0 Å². The number of hydrogen-bond donors (Lipinski definition) is 1. The first-order valence-electron chi connectivity index (χ1n) is 9.08. The summed E-state index contributed by atoms with van der Waals surface area (Å²) in [4.78, 5) is 31.2. The second-order valence-corrected chi connectivity index (χ2v) is 6.75. The van der Waals surface area contributed by atoms with Crippen LogP contribution in [0.2, 0.25) is 0 Å². The number of fused-ring (bicyclic) bond motifs is 1. The van der Waals surface area contributed by atoms with Crippen LogP contribution in [0.4, 0.5) is 5.82 Å². The molecule has 4 rings (SSSR count). The highest BCUT2D eigenvalue weighted by Crippen LogP contribution is 2.19. The molecule has 0 fully saturated rings. The van der Waals surface area contributed by atoms with E-state index in [9.17, 15) is 9.59 Å². The van der Waals surface area contributed by atoms with Gasteiger partial charge in [0.15, 0.2) is 0 Å². The lowest BCUT2D eigenvalue weighted by Gasteiger charge is -2.19. The summed E-state index contributed by atoms with van der Waals surface area (Å²) in [5.74, 6) is 0.765. The predicted octanol–water partition coefficient (Wildman–Crippen LogP) is 0.996. The van der Waals surface area contributed by atoms with E-state index in [1.165, 1.54) is 4.90 Å². The summed E-state index contributed by atoms with van der Waals surface area (Å²) in [6, 6.07) is 11.0. The van der Waals surface area contributed by atoms with Gasteiger partial charge in [-0.15, -0.1) is 5.10 Å². The summed E-state index contributed by atoms with van der Waals surface area (Å²) in [6.45, 7) is 2.87. The summed E-state index contributed by atoms with van der Waals surface area (Å²) in [5, 5.41) is 11.3. The lowest BCUT2D eigenvalue weighted by Crippen LogP contribution is -2.47. The maximum atomic E-state index is 12.7. The lowest BCUT2D eigenvalue weighted by molar-refractivity contribution is -0.120. The van der Waals surface area contributed by atoms with Gasteiger partial charge in [0.1, 0.15) is 17.7 Å². The molecule has 0 saturated heterocycles. The fourth-order valence-corrected chi connectivity index (χ4v) is 3.28. The number of nitrogens with zero attached hydrogens (tertiary/aromatic N) is 6. The van der Waals surface area contributed by atoms with Gasteiger partial charge in [0.2, 0.25) is 5.82 Å². The van der Waals surface area contributed by atoms with Crippen molar-refractivity contribution in [3.05, 3.63) is 59.8 Å². The van der Waals surface area contributed by atoms with Crippen LogP contribution in [0, 0.1) is 6.92 Å². The first-order valence-corrected chi connectivity index (χ1v) is 9.08. The van der Waals surface area contributed by atoms with Gasteiger partial charge >= 0.3 is 0 Å². The molecule has 9 heteroatoms. The zero-order valence-corrected chi connectivity index (χ0v) is 15.7. The third-order valence-corrected chi connectivity index (χ3v) is 4.84. The maximum Gasteiger partial charge on any atom is 0.291 e. The Morgan fingerprint density at radius 3 is 2.82 bits per heavy atom. The zero-order chi connectivity index (χ0) is 19.7. The Labute approximate surface area is 162 Å². The number of amides is 2. The number of carbonyl (C=O) groups excluding carboxylic acids is 2. The molecule has 144 valence electrons. The van der Waals surface area contributed by atoms with Crippen molar-refractivity contribution < 1.29 is 9.59 Å². The number of likely N-dealkylation sites (N-methyl/N-ethyl adjacent to an activating group) is 1. The molecule has 0 saturated carbocycles. The Bertz CT molecular complexity index is 1010. The van der Waals surface area contributed by atoms with Gasteiger partial charge in [-0.1, -0.05) is 30.3 Å². The molecule has 3 aromatic rings. The molecule has 2 aromatic heterocycles. The van der Waals surface area contributed by atoms with Gasteiger partial charge in [0.05, 0.1) is 12.7 Å². The molecule has 1 aliphatic heterocycles. The van der Waals surface area contributed by atoms with Gasteiger partial charge in [-0.3, -0.25) is 14.5 Å². The van der Waals surface area contributed by atoms with Crippen LogP contribution in [0.5, 0.6) is 0 Å². The number of carbonyl (C=O) groups is 2. The SMILES string of the molecule is Cc1nc(C(=O)N[C@H]2CCn3nccc3N(C)C2=O)nn1Cc1ccccc1. The van der Waals surface area contributed by atoms with Crippen LogP contribution in [-0.2, 0) is 17.9 Å². The molecule has 2 amide bonds. The molecule has 1 atom stereocenters. The normalized spacial score (nSPS) is 16.6. The number of hydrogen-bond acceptors (Lipinski definition) is 5. The lowest BCUT2D eigenvalue weighted by atomic mass is 10.2. The third kappa shape index (κ3) is 3.38. The summed E-state index contributed by atoms with van der Waals surface area (Å²) >= 11 is 0. The topological polar surface area (TPSA) is 97.9 Å². The number of rotatable bonds is 4. The molecular formula is C19H21N7O2. The molecule has 0 spiro atoms. The van der Waals surface area contributed by atoms with Crippen molar-refractivity contribution >= 4 is 17.6 Å². The van der Waals surface area contributed by atoms with E-state index < -0.39 is 11.9 Å². The molecular weight excluding hydrogens is 358 g/mol. The monoisotopic (exact) mass is 379 g/mol. The van der Waals surface area contributed by atoms with Crippen LogP contribution in [0.1, 0.15) is 28.4 Å². The second kappa shape index (κ2) is 7.26. The van der Waals surface area contributed by atoms with Gasteiger partial charge in [-0.2, -0.15) is 5.10 Å². The van der Waals surface area contributed by atoms with Gasteiger partial charge in [-0.25, -0.2) is 14.3 Å². The predicted molar refractivity (Wildman–Crippen MR) is 102 cm³/mol. The molecule has 9 nitrogen and oxygen atoms in total. The molecule has 28 heavy (non-hydrogen) atoms. The molecule has 0 aliphatic carbocycles. The highest BCUT2D eigenvalue weighted by atomic mass is 16.2. The number of benzene rings is 1. The standard InChI is InChI=1S/C19H21N7O2/c1-13-21-17(23-26(13)12-14-6-4-3-5-7-14)18(27)22-15-9-11-25-16(8-10-20-25)24(2)19(15)28/h3-8,10,15H,9,11-12H2,1-2H3,(H,22,27)/t15-/m0/s1. The molecule has 0 radical (unpaired) electrons. The second-order valence-electron chi connectivity index (χ2n) is 6.75. The quantitative estimate of drug-likeness (QED) is 0.729. The van der Waals surface area contributed by atoms with Crippen LogP contribution in [0.25, 0.3) is 0 Å². The van der Waals surface area contributed by atoms with E-state index in [0.717, 1.165) is 5.56 Å². The largest absolute Gasteiger partial charge is 0.337 e. The van der Waals surface area contributed by atoms with Gasteiger partial charge in [0.25, 0.3) is 11.8 Å². The minimum absolute atomic E-state index is 0.0610. The third-order valence-electron chi connectivity index (χ3n) is 4.84. The van der Waals surface area contributed by atoms with Gasteiger partial charge < -0.3 is 5.32 Å². The molecule has 0 unspecified atom stereocenters. The zero-order valence-electron chi connectivity index (χ0n) is 15.7. The molecule has 3 heterocycles. The van der Waals surface area contributed by atoms with E-state index in [2.05, 4.69) is 20.5 Å². The van der Waals surface area contributed by atoms with E-state index >= 15 is 0 Å². The Hall–Kier alpha value is -3.49. The van der Waals surface area contributed by atoms with E-state index in [1.54, 1.807) is 35.6 Å². The number of nitrogens with one attached hydrogen (secondary N) is 1. The van der Waals surface area contributed by atoms with Crippen LogP contribution in [0.3, 0.4) is 0 Å². The fourth-order valence-electron chi connectivity index (χ4n) is 3.28. The Balaban J connectivity index is 1.47. The van der Waals surface area contributed by atoms with Crippen molar-refractivity contribution in [3.8, 4) is 0 Å². The highest BCUT2D eigenvalue weighted by Gasteiger charge is 2.30. The number of anilines is 1. The van der Waals surface area contributed by atoms with E-state index in [-0.39, 0.29) is 11.7 Å². The Morgan fingerprint density at radius 1 is 1.25 bits per heavy atom. The van der Waals surface area contributed by atoms with Crippen molar-refractivity contribution in [2.45, 2.75) is 32.5 Å². The van der Waals surface area contributed by atoms with Crippen LogP contribution >= 0.6 is 0 Å². The molecule has 1 aliphatic rings. The van der Waals surface area contributed by atoms with Crippen LogP contribution < -0.4 is 10.2 Å². The maximum absolute atomic E-state index is 12.7. The summed E-state index contributed by atoms with van der Waals surface area (Å²) in [7, 11) is 1.68. The van der Waals surface area contributed by atoms with E-state index in [1.807, 2.05) is 30.3 Å². The Morgan fingerprint density at radius 2 is 2.04 bits per heavy atom. The summed E-state index contributed by atoms with van der Waals surface area (Å²) in [5.41, 5.74) is 1.07.